The van der Waals surface area contributed by atoms with Gasteiger partial charge in [-0.3, -0.25) is 14.5 Å². The summed E-state index contributed by atoms with van der Waals surface area (Å²) in [6, 6.07) is -0.0953. The molecule has 0 aromatic rings. The second-order valence-corrected chi connectivity index (χ2v) is 5.13. The van der Waals surface area contributed by atoms with Gasteiger partial charge in [-0.15, -0.1) is 0 Å². The highest BCUT2D eigenvalue weighted by Crippen LogP contribution is 2.19. The van der Waals surface area contributed by atoms with Crippen LogP contribution < -0.4 is 5.32 Å². The van der Waals surface area contributed by atoms with E-state index in [2.05, 4.69) is 5.32 Å². The molecule has 0 heterocycles. The Balaban J connectivity index is 2.49. The van der Waals surface area contributed by atoms with Crippen molar-refractivity contribution in [2.75, 3.05) is 33.7 Å². The fraction of sp³-hybridized carbons (Fsp3) is 0.833. The highest BCUT2D eigenvalue weighted by Gasteiger charge is 2.28. The largest absolute Gasteiger partial charge is 0.480 e. The second kappa shape index (κ2) is 6.70. The van der Waals surface area contributed by atoms with Crippen LogP contribution in [0.4, 0.5) is 0 Å². The summed E-state index contributed by atoms with van der Waals surface area (Å²) in [5.41, 5.74) is 0. The highest BCUT2D eigenvalue weighted by molar-refractivity contribution is 5.82. The Hall–Kier alpha value is -1.14. The van der Waals surface area contributed by atoms with Gasteiger partial charge in [0.15, 0.2) is 0 Å². The third-order valence-corrected chi connectivity index (χ3v) is 3.02. The van der Waals surface area contributed by atoms with E-state index in [0.29, 0.717) is 12.6 Å². The zero-order valence-corrected chi connectivity index (χ0v) is 11.3. The van der Waals surface area contributed by atoms with E-state index in [1.165, 1.54) is 0 Å². The van der Waals surface area contributed by atoms with Gasteiger partial charge < -0.3 is 15.3 Å². The smallest absolute Gasteiger partial charge is 0.317 e. The lowest BCUT2D eigenvalue weighted by atomic mass is 10.2. The van der Waals surface area contributed by atoms with Gasteiger partial charge in [0.2, 0.25) is 5.91 Å². The first-order chi connectivity index (χ1) is 8.40. The van der Waals surface area contributed by atoms with Crippen molar-refractivity contribution in [1.82, 2.24) is 15.1 Å². The molecule has 1 fully saturated rings. The lowest BCUT2D eigenvalue weighted by Crippen LogP contribution is -2.49. The van der Waals surface area contributed by atoms with Crippen LogP contribution in [-0.4, -0.2) is 72.6 Å². The van der Waals surface area contributed by atoms with Crippen LogP contribution >= 0.6 is 0 Å². The van der Waals surface area contributed by atoms with E-state index in [-0.39, 0.29) is 12.5 Å². The molecule has 2 N–H and O–H groups in total. The summed E-state index contributed by atoms with van der Waals surface area (Å²) in [5.74, 6) is -0.975. The molecule has 18 heavy (non-hydrogen) atoms. The fourth-order valence-corrected chi connectivity index (χ4v) is 1.63. The number of hydrogen-bond donors (Lipinski definition) is 2. The van der Waals surface area contributed by atoms with E-state index < -0.39 is 12.0 Å². The van der Waals surface area contributed by atoms with Gasteiger partial charge >= 0.3 is 5.97 Å². The molecule has 104 valence electrons. The van der Waals surface area contributed by atoms with Gasteiger partial charge in [0, 0.05) is 19.1 Å². The zero-order valence-electron chi connectivity index (χ0n) is 11.3. The third-order valence-electron chi connectivity index (χ3n) is 3.02. The van der Waals surface area contributed by atoms with Gasteiger partial charge in [-0.1, -0.05) is 0 Å². The number of carbonyl (C=O) groups excluding carboxylic acids is 1. The van der Waals surface area contributed by atoms with E-state index in [1.54, 1.807) is 11.8 Å². The molecule has 6 nitrogen and oxygen atoms in total. The number of amides is 1. The summed E-state index contributed by atoms with van der Waals surface area (Å²) in [6.45, 7) is 2.95. The summed E-state index contributed by atoms with van der Waals surface area (Å²) in [4.78, 5) is 26.4. The van der Waals surface area contributed by atoms with Crippen LogP contribution in [0.3, 0.4) is 0 Å². The number of carboxylic acids is 1. The van der Waals surface area contributed by atoms with Crippen LogP contribution in [0.15, 0.2) is 0 Å². The molecule has 0 aromatic heterocycles. The molecule has 6 heteroatoms. The predicted octanol–water partition coefficient (Wildman–Crippen LogP) is -0.398. The predicted molar refractivity (Wildman–Crippen MR) is 68.4 cm³/mol. The number of carboxylic acid groups (broad SMARTS) is 1. The SMILES string of the molecule is CC(C(=O)NC1CC1)N(CCN(C)C)CC(=O)O. The van der Waals surface area contributed by atoms with Crippen molar-refractivity contribution in [3.05, 3.63) is 0 Å². The molecule has 0 radical (unpaired) electrons. The monoisotopic (exact) mass is 257 g/mol. The summed E-state index contributed by atoms with van der Waals surface area (Å²) >= 11 is 0. The number of rotatable bonds is 8. The Morgan fingerprint density at radius 3 is 2.39 bits per heavy atom. The van der Waals surface area contributed by atoms with Crippen LogP contribution in [0.5, 0.6) is 0 Å². The molecule has 1 rings (SSSR count). The quantitative estimate of drug-likeness (QED) is 0.619. The topological polar surface area (TPSA) is 72.9 Å². The lowest BCUT2D eigenvalue weighted by molar-refractivity contribution is -0.140. The highest BCUT2D eigenvalue weighted by atomic mass is 16.4. The van der Waals surface area contributed by atoms with Crippen molar-refractivity contribution in [3.63, 3.8) is 0 Å². The molecule has 0 bridgehead atoms. The molecule has 0 spiro atoms. The third kappa shape index (κ3) is 5.46. The second-order valence-electron chi connectivity index (χ2n) is 5.13. The fourth-order valence-electron chi connectivity index (χ4n) is 1.63. The first kappa shape index (κ1) is 14.9. The van der Waals surface area contributed by atoms with Crippen molar-refractivity contribution in [3.8, 4) is 0 Å². The van der Waals surface area contributed by atoms with Gasteiger partial charge in [0.25, 0.3) is 0 Å². The van der Waals surface area contributed by atoms with Crippen LogP contribution in [0.25, 0.3) is 0 Å². The van der Waals surface area contributed by atoms with Crippen molar-refractivity contribution >= 4 is 11.9 Å². The minimum Gasteiger partial charge on any atom is -0.480 e. The molecule has 1 aliphatic carbocycles. The molecule has 1 unspecified atom stereocenters. The van der Waals surface area contributed by atoms with Crippen molar-refractivity contribution in [2.45, 2.75) is 31.8 Å². The van der Waals surface area contributed by atoms with Gasteiger partial charge in [-0.2, -0.15) is 0 Å². The maximum Gasteiger partial charge on any atom is 0.317 e. The standard InChI is InChI=1S/C12H23N3O3/c1-9(12(18)13-10-4-5-10)15(8-11(16)17)7-6-14(2)3/h9-10H,4-8H2,1-3H3,(H,13,18)(H,16,17). The Kier molecular flexibility index (Phi) is 5.55. The van der Waals surface area contributed by atoms with Crippen molar-refractivity contribution in [1.29, 1.82) is 0 Å². The number of nitrogens with one attached hydrogen (secondary N) is 1. The number of likely N-dealkylation sites (N-methyl/N-ethyl adjacent to an activating group) is 1. The van der Waals surface area contributed by atoms with Crippen LogP contribution in [-0.2, 0) is 9.59 Å². The van der Waals surface area contributed by atoms with Crippen LogP contribution in [0.2, 0.25) is 0 Å². The molecule has 0 saturated heterocycles. The molecule has 1 amide bonds. The Morgan fingerprint density at radius 1 is 1.33 bits per heavy atom. The Labute approximate surface area is 108 Å². The Morgan fingerprint density at radius 2 is 1.94 bits per heavy atom. The number of hydrogen-bond acceptors (Lipinski definition) is 4. The molecular weight excluding hydrogens is 234 g/mol. The van der Waals surface area contributed by atoms with Crippen LogP contribution in [0.1, 0.15) is 19.8 Å². The summed E-state index contributed by atoms with van der Waals surface area (Å²) in [6.07, 6.45) is 2.07. The number of nitrogens with zero attached hydrogens (tertiary/aromatic N) is 2. The summed E-state index contributed by atoms with van der Waals surface area (Å²) in [5, 5.41) is 11.8. The van der Waals surface area contributed by atoms with E-state index in [4.69, 9.17) is 5.11 Å². The first-order valence-electron chi connectivity index (χ1n) is 6.31. The van der Waals surface area contributed by atoms with E-state index in [0.717, 1.165) is 19.4 Å². The van der Waals surface area contributed by atoms with E-state index in [9.17, 15) is 9.59 Å². The average Bonchev–Trinajstić information content (AvgIpc) is 3.06. The first-order valence-corrected chi connectivity index (χ1v) is 6.31. The average molecular weight is 257 g/mol. The van der Waals surface area contributed by atoms with Gasteiger partial charge in [0.1, 0.15) is 0 Å². The minimum absolute atomic E-state index is 0.0718. The van der Waals surface area contributed by atoms with Crippen molar-refractivity contribution < 1.29 is 14.7 Å². The lowest BCUT2D eigenvalue weighted by Gasteiger charge is -2.27. The molecule has 1 atom stereocenters. The normalized spacial score (nSPS) is 16.9. The Bertz CT molecular complexity index is 303. The maximum absolute atomic E-state index is 11.9. The molecule has 0 aromatic carbocycles. The molecule has 1 aliphatic rings. The van der Waals surface area contributed by atoms with Gasteiger partial charge in [-0.25, -0.2) is 0 Å². The summed E-state index contributed by atoms with van der Waals surface area (Å²) < 4.78 is 0. The summed E-state index contributed by atoms with van der Waals surface area (Å²) in [7, 11) is 3.85. The van der Waals surface area contributed by atoms with Crippen LogP contribution in [0, 0.1) is 0 Å². The number of aliphatic carboxylic acids is 1. The zero-order chi connectivity index (χ0) is 13.7. The van der Waals surface area contributed by atoms with Gasteiger partial charge in [0.05, 0.1) is 12.6 Å². The van der Waals surface area contributed by atoms with Crippen molar-refractivity contribution in [2.24, 2.45) is 0 Å². The molecule has 1 saturated carbocycles. The van der Waals surface area contributed by atoms with E-state index in [1.807, 2.05) is 19.0 Å². The molecular formula is C12H23N3O3. The van der Waals surface area contributed by atoms with Gasteiger partial charge in [-0.05, 0) is 33.9 Å². The number of carbonyl (C=O) groups is 2. The maximum atomic E-state index is 11.9. The molecule has 0 aliphatic heterocycles. The van der Waals surface area contributed by atoms with E-state index >= 15 is 0 Å². The minimum atomic E-state index is -0.903.